The van der Waals surface area contributed by atoms with Crippen LogP contribution in [0.4, 0.5) is 0 Å². The fraction of sp³-hybridized carbons (Fsp3) is 1.00. The summed E-state index contributed by atoms with van der Waals surface area (Å²) in [5, 5.41) is 0. The number of rotatable bonds is 1. The lowest BCUT2D eigenvalue weighted by Crippen LogP contribution is -2.43. The number of fused-ring (bicyclic) bond motifs is 1. The zero-order valence-corrected chi connectivity index (χ0v) is 11.1. The summed E-state index contributed by atoms with van der Waals surface area (Å²) in [7, 11) is 0. The average Bonchev–Trinajstić information content (AvgIpc) is 2.68. The van der Waals surface area contributed by atoms with E-state index in [-0.39, 0.29) is 0 Å². The van der Waals surface area contributed by atoms with Gasteiger partial charge in [0.1, 0.15) is 0 Å². The molecule has 0 aromatic heterocycles. The molecule has 0 aliphatic carbocycles. The Hall–Kier alpha value is 0.270. The Bertz CT molecular complexity index is 228. The molecule has 1 unspecified atom stereocenters. The maximum absolute atomic E-state index is 2.83. The molecular weight excluding hydrogens is 216 g/mol. The molecule has 92 valence electrons. The van der Waals surface area contributed by atoms with E-state index < -0.39 is 0 Å². The molecule has 0 aromatic rings. The van der Waals surface area contributed by atoms with E-state index in [2.05, 4.69) is 21.6 Å². The molecule has 3 aliphatic rings. The topological polar surface area (TPSA) is 6.48 Å². The highest BCUT2D eigenvalue weighted by atomic mass is 32.2. The van der Waals surface area contributed by atoms with Crippen molar-refractivity contribution in [2.45, 2.75) is 44.2 Å². The normalized spacial score (nSPS) is 34.9. The lowest BCUT2D eigenvalue weighted by atomic mass is 10.1. The molecule has 3 rings (SSSR count). The monoisotopic (exact) mass is 240 g/mol. The number of nitrogens with zero attached hydrogens (tertiary/aromatic N) is 2. The van der Waals surface area contributed by atoms with Gasteiger partial charge in [0.05, 0.1) is 0 Å². The lowest BCUT2D eigenvalue weighted by Gasteiger charge is -2.35. The Morgan fingerprint density at radius 1 is 0.750 bits per heavy atom. The average molecular weight is 240 g/mol. The largest absolute Gasteiger partial charge is 0.299 e. The van der Waals surface area contributed by atoms with Crippen LogP contribution in [0.15, 0.2) is 0 Å². The second kappa shape index (κ2) is 5.28. The zero-order valence-electron chi connectivity index (χ0n) is 10.2. The predicted octanol–water partition coefficient (Wildman–Crippen LogP) is 2.05. The van der Waals surface area contributed by atoms with Crippen LogP contribution in [0, 0.1) is 0 Å². The predicted molar refractivity (Wildman–Crippen MR) is 71.1 cm³/mol. The summed E-state index contributed by atoms with van der Waals surface area (Å²) in [5.41, 5.74) is 0. The Labute approximate surface area is 104 Å². The van der Waals surface area contributed by atoms with Gasteiger partial charge in [0, 0.05) is 18.6 Å². The second-order valence-corrected chi connectivity index (χ2v) is 6.75. The van der Waals surface area contributed by atoms with Crippen molar-refractivity contribution in [3.63, 3.8) is 0 Å². The Morgan fingerprint density at radius 3 is 2.38 bits per heavy atom. The molecule has 0 amide bonds. The van der Waals surface area contributed by atoms with Crippen LogP contribution < -0.4 is 0 Å². The maximum Gasteiger partial charge on any atom is 0.0223 e. The summed E-state index contributed by atoms with van der Waals surface area (Å²) >= 11 is 2.15. The van der Waals surface area contributed by atoms with Crippen LogP contribution in [0.1, 0.15) is 32.1 Å². The van der Waals surface area contributed by atoms with Gasteiger partial charge in [-0.25, -0.2) is 0 Å². The van der Waals surface area contributed by atoms with Crippen molar-refractivity contribution in [3.05, 3.63) is 0 Å². The number of hydrogen-bond donors (Lipinski definition) is 0. The van der Waals surface area contributed by atoms with E-state index >= 15 is 0 Å². The first-order chi connectivity index (χ1) is 7.93. The number of hydrogen-bond acceptors (Lipinski definition) is 3. The van der Waals surface area contributed by atoms with Crippen LogP contribution in [-0.2, 0) is 0 Å². The minimum atomic E-state index is 0.900. The molecule has 0 radical (unpaired) electrons. The van der Waals surface area contributed by atoms with E-state index in [0.29, 0.717) is 0 Å². The first-order valence-electron chi connectivity index (χ1n) is 6.99. The van der Waals surface area contributed by atoms with Crippen LogP contribution in [-0.4, -0.2) is 59.6 Å². The van der Waals surface area contributed by atoms with Gasteiger partial charge in [-0.15, -0.1) is 0 Å². The van der Waals surface area contributed by atoms with Crippen molar-refractivity contribution in [1.82, 2.24) is 9.80 Å². The van der Waals surface area contributed by atoms with Gasteiger partial charge in [0.15, 0.2) is 0 Å². The third-order valence-corrected chi connectivity index (χ3v) is 5.59. The van der Waals surface area contributed by atoms with Gasteiger partial charge in [-0.3, -0.25) is 9.80 Å². The molecule has 2 nitrogen and oxygen atoms in total. The van der Waals surface area contributed by atoms with Crippen LogP contribution in [0.3, 0.4) is 0 Å². The highest BCUT2D eigenvalue weighted by molar-refractivity contribution is 7.99. The Balaban J connectivity index is 1.61. The highest BCUT2D eigenvalue weighted by Gasteiger charge is 2.31. The van der Waals surface area contributed by atoms with Crippen molar-refractivity contribution in [1.29, 1.82) is 0 Å². The molecule has 3 heterocycles. The molecule has 3 fully saturated rings. The van der Waals surface area contributed by atoms with Crippen LogP contribution in [0.2, 0.25) is 0 Å². The molecule has 16 heavy (non-hydrogen) atoms. The van der Waals surface area contributed by atoms with E-state index in [4.69, 9.17) is 0 Å². The summed E-state index contributed by atoms with van der Waals surface area (Å²) in [5.74, 6) is 2.80. The molecular formula is C13H24N2S. The van der Waals surface area contributed by atoms with Gasteiger partial charge in [0.25, 0.3) is 0 Å². The molecule has 3 saturated heterocycles. The Kier molecular flexibility index (Phi) is 3.75. The fourth-order valence-electron chi connectivity index (χ4n) is 3.62. The Morgan fingerprint density at radius 2 is 1.50 bits per heavy atom. The van der Waals surface area contributed by atoms with Crippen molar-refractivity contribution in [3.8, 4) is 0 Å². The van der Waals surface area contributed by atoms with Crippen molar-refractivity contribution < 1.29 is 0 Å². The SMILES string of the molecule is C1CC2CN(C3CCSCC3)CCCN2C1. The van der Waals surface area contributed by atoms with Gasteiger partial charge in [0.2, 0.25) is 0 Å². The van der Waals surface area contributed by atoms with E-state index in [9.17, 15) is 0 Å². The van der Waals surface area contributed by atoms with E-state index in [1.54, 1.807) is 0 Å². The third-order valence-electron chi connectivity index (χ3n) is 4.54. The zero-order chi connectivity index (χ0) is 10.8. The lowest BCUT2D eigenvalue weighted by molar-refractivity contribution is 0.164. The third kappa shape index (κ3) is 2.41. The van der Waals surface area contributed by atoms with E-state index in [1.165, 1.54) is 69.8 Å². The first-order valence-corrected chi connectivity index (χ1v) is 8.15. The second-order valence-electron chi connectivity index (χ2n) is 5.52. The highest BCUT2D eigenvalue weighted by Crippen LogP contribution is 2.27. The molecule has 3 aliphatic heterocycles. The quantitative estimate of drug-likeness (QED) is 0.693. The van der Waals surface area contributed by atoms with Crippen molar-refractivity contribution in [2.75, 3.05) is 37.7 Å². The van der Waals surface area contributed by atoms with Crippen LogP contribution >= 0.6 is 11.8 Å². The molecule has 0 saturated carbocycles. The molecule has 0 bridgehead atoms. The molecule has 3 heteroatoms. The molecule has 0 spiro atoms. The maximum atomic E-state index is 2.83. The number of thioether (sulfide) groups is 1. The summed E-state index contributed by atoms with van der Waals surface area (Å²) in [4.78, 5) is 5.58. The summed E-state index contributed by atoms with van der Waals surface area (Å²) in [6, 6.07) is 1.82. The van der Waals surface area contributed by atoms with E-state index in [1.807, 2.05) is 0 Å². The molecule has 0 N–H and O–H groups in total. The van der Waals surface area contributed by atoms with Crippen LogP contribution in [0.25, 0.3) is 0 Å². The van der Waals surface area contributed by atoms with E-state index in [0.717, 1.165) is 12.1 Å². The van der Waals surface area contributed by atoms with Crippen molar-refractivity contribution in [2.24, 2.45) is 0 Å². The van der Waals surface area contributed by atoms with Gasteiger partial charge >= 0.3 is 0 Å². The minimum absolute atomic E-state index is 0.900. The van der Waals surface area contributed by atoms with Gasteiger partial charge < -0.3 is 0 Å². The summed E-state index contributed by atoms with van der Waals surface area (Å²) in [6.45, 7) is 5.47. The fourth-order valence-corrected chi connectivity index (χ4v) is 4.70. The van der Waals surface area contributed by atoms with Gasteiger partial charge in [-0.05, 0) is 63.2 Å². The minimum Gasteiger partial charge on any atom is -0.299 e. The molecule has 1 atom stereocenters. The van der Waals surface area contributed by atoms with Crippen molar-refractivity contribution >= 4 is 11.8 Å². The molecule has 0 aromatic carbocycles. The first kappa shape index (κ1) is 11.4. The van der Waals surface area contributed by atoms with Gasteiger partial charge in [-0.1, -0.05) is 0 Å². The van der Waals surface area contributed by atoms with Crippen LogP contribution in [0.5, 0.6) is 0 Å². The summed E-state index contributed by atoms with van der Waals surface area (Å²) < 4.78 is 0. The van der Waals surface area contributed by atoms with Gasteiger partial charge in [-0.2, -0.15) is 11.8 Å². The smallest absolute Gasteiger partial charge is 0.0223 e. The standard InChI is InChI=1S/C13H24N2S/c1-3-13-11-15(8-2-7-14(13)6-1)12-4-9-16-10-5-12/h12-13H,1-11H2. The summed E-state index contributed by atoms with van der Waals surface area (Å²) in [6.07, 6.45) is 7.19.